The standard InChI is InChI=1S/C10H15N5O4/c1-19-6-2-7(9(16)17)15(4-6)10(18)11-3-8-12-5-13-14-8/h5-7H,2-4H2,1H3,(H,11,18)(H,16,17)(H,12,13,14). The fraction of sp³-hybridized carbons (Fsp3) is 0.600. The summed E-state index contributed by atoms with van der Waals surface area (Å²) in [5.74, 6) is -0.530. The molecular formula is C10H15N5O4. The van der Waals surface area contributed by atoms with Gasteiger partial charge in [-0.3, -0.25) is 5.10 Å². The van der Waals surface area contributed by atoms with Crippen LogP contribution in [-0.2, 0) is 16.1 Å². The molecule has 1 aliphatic rings. The highest BCUT2D eigenvalue weighted by Gasteiger charge is 2.39. The van der Waals surface area contributed by atoms with E-state index in [9.17, 15) is 9.59 Å². The van der Waals surface area contributed by atoms with Crippen LogP contribution in [0.25, 0.3) is 0 Å². The van der Waals surface area contributed by atoms with Crippen LogP contribution in [0.4, 0.5) is 4.79 Å². The van der Waals surface area contributed by atoms with Crippen molar-refractivity contribution >= 4 is 12.0 Å². The number of carbonyl (C=O) groups excluding carboxylic acids is 1. The van der Waals surface area contributed by atoms with Gasteiger partial charge in [0, 0.05) is 20.1 Å². The number of carboxylic acids is 1. The number of carboxylic acid groups (broad SMARTS) is 1. The number of aromatic amines is 1. The van der Waals surface area contributed by atoms with Crippen LogP contribution < -0.4 is 5.32 Å². The van der Waals surface area contributed by atoms with Gasteiger partial charge in [0.2, 0.25) is 0 Å². The molecule has 19 heavy (non-hydrogen) atoms. The highest BCUT2D eigenvalue weighted by atomic mass is 16.5. The first kappa shape index (κ1) is 13.3. The summed E-state index contributed by atoms with van der Waals surface area (Å²) in [5.41, 5.74) is 0. The SMILES string of the molecule is COC1CC(C(=O)O)N(C(=O)NCc2ncn[nH]2)C1. The van der Waals surface area contributed by atoms with E-state index in [1.54, 1.807) is 0 Å². The molecule has 2 rings (SSSR count). The minimum Gasteiger partial charge on any atom is -0.480 e. The number of nitrogens with one attached hydrogen (secondary N) is 2. The lowest BCUT2D eigenvalue weighted by Gasteiger charge is -2.21. The Bertz CT molecular complexity index is 449. The summed E-state index contributed by atoms with van der Waals surface area (Å²) in [5, 5.41) is 17.9. The molecular weight excluding hydrogens is 254 g/mol. The number of hydrogen-bond acceptors (Lipinski definition) is 5. The molecule has 2 atom stereocenters. The maximum absolute atomic E-state index is 12.0. The van der Waals surface area contributed by atoms with Crippen molar-refractivity contribution in [3.05, 3.63) is 12.2 Å². The number of carbonyl (C=O) groups is 2. The van der Waals surface area contributed by atoms with Crippen molar-refractivity contribution in [1.29, 1.82) is 0 Å². The molecule has 0 aliphatic carbocycles. The Kier molecular flexibility index (Phi) is 3.95. The number of hydrogen-bond donors (Lipinski definition) is 3. The average Bonchev–Trinajstić information content (AvgIpc) is 3.04. The fourth-order valence-corrected chi connectivity index (χ4v) is 2.00. The van der Waals surface area contributed by atoms with Crippen molar-refractivity contribution in [3.63, 3.8) is 0 Å². The quantitative estimate of drug-likeness (QED) is 0.657. The molecule has 1 aromatic heterocycles. The predicted molar refractivity (Wildman–Crippen MR) is 62.2 cm³/mol. The van der Waals surface area contributed by atoms with Crippen molar-refractivity contribution in [1.82, 2.24) is 25.4 Å². The third-order valence-corrected chi connectivity index (χ3v) is 3.01. The molecule has 1 aliphatic heterocycles. The lowest BCUT2D eigenvalue weighted by molar-refractivity contribution is -0.141. The van der Waals surface area contributed by atoms with Gasteiger partial charge in [-0.1, -0.05) is 0 Å². The summed E-state index contributed by atoms with van der Waals surface area (Å²) < 4.78 is 5.11. The molecule has 9 heteroatoms. The highest BCUT2D eigenvalue weighted by Crippen LogP contribution is 2.20. The molecule has 2 amide bonds. The van der Waals surface area contributed by atoms with E-state index in [1.165, 1.54) is 18.3 Å². The van der Waals surface area contributed by atoms with E-state index in [2.05, 4.69) is 20.5 Å². The number of aliphatic carboxylic acids is 1. The largest absolute Gasteiger partial charge is 0.480 e. The van der Waals surface area contributed by atoms with Crippen LogP contribution >= 0.6 is 0 Å². The summed E-state index contributed by atoms with van der Waals surface area (Å²) in [7, 11) is 1.50. The van der Waals surface area contributed by atoms with Crippen molar-refractivity contribution in [2.24, 2.45) is 0 Å². The summed E-state index contributed by atoms with van der Waals surface area (Å²) in [6.45, 7) is 0.426. The van der Waals surface area contributed by atoms with Crippen molar-refractivity contribution in [2.45, 2.75) is 25.1 Å². The molecule has 0 bridgehead atoms. The summed E-state index contributed by atoms with van der Waals surface area (Å²) in [4.78, 5) is 28.2. The van der Waals surface area contributed by atoms with Gasteiger partial charge >= 0.3 is 12.0 Å². The van der Waals surface area contributed by atoms with E-state index in [4.69, 9.17) is 9.84 Å². The number of urea groups is 1. The lowest BCUT2D eigenvalue weighted by atomic mass is 10.2. The average molecular weight is 269 g/mol. The van der Waals surface area contributed by atoms with Crippen LogP contribution in [-0.4, -0.2) is 63.0 Å². The lowest BCUT2D eigenvalue weighted by Crippen LogP contribution is -2.46. The molecule has 0 aromatic carbocycles. The predicted octanol–water partition coefficient (Wildman–Crippen LogP) is -0.812. The second kappa shape index (κ2) is 5.65. The maximum atomic E-state index is 12.0. The van der Waals surface area contributed by atoms with Crippen LogP contribution in [0.1, 0.15) is 12.2 Å². The molecule has 2 heterocycles. The molecule has 9 nitrogen and oxygen atoms in total. The number of ether oxygens (including phenoxy) is 1. The van der Waals surface area contributed by atoms with Gasteiger partial charge in [-0.2, -0.15) is 5.10 Å². The number of nitrogens with zero attached hydrogens (tertiary/aromatic N) is 3. The zero-order chi connectivity index (χ0) is 13.8. The Labute approximate surface area is 109 Å². The van der Waals surface area contributed by atoms with Gasteiger partial charge in [-0.15, -0.1) is 0 Å². The van der Waals surface area contributed by atoms with Gasteiger partial charge in [0.1, 0.15) is 18.2 Å². The first-order chi connectivity index (χ1) is 9.11. The Morgan fingerprint density at radius 1 is 1.68 bits per heavy atom. The molecule has 3 N–H and O–H groups in total. The number of amides is 2. The zero-order valence-electron chi connectivity index (χ0n) is 10.4. The minimum atomic E-state index is -1.03. The van der Waals surface area contributed by atoms with Gasteiger partial charge < -0.3 is 20.1 Å². The molecule has 1 fully saturated rings. The van der Waals surface area contributed by atoms with E-state index in [0.717, 1.165) is 0 Å². The second-order valence-corrected chi connectivity index (χ2v) is 4.19. The van der Waals surface area contributed by atoms with Gasteiger partial charge in [0.25, 0.3) is 0 Å². The second-order valence-electron chi connectivity index (χ2n) is 4.19. The van der Waals surface area contributed by atoms with Crippen LogP contribution in [0.3, 0.4) is 0 Å². The van der Waals surface area contributed by atoms with Gasteiger partial charge in [0.05, 0.1) is 12.6 Å². The maximum Gasteiger partial charge on any atom is 0.326 e. The molecule has 0 saturated carbocycles. The topological polar surface area (TPSA) is 120 Å². The van der Waals surface area contributed by atoms with Crippen molar-refractivity contribution in [2.75, 3.05) is 13.7 Å². The minimum absolute atomic E-state index is 0.166. The van der Waals surface area contributed by atoms with E-state index in [-0.39, 0.29) is 19.2 Å². The third kappa shape index (κ3) is 2.99. The first-order valence-electron chi connectivity index (χ1n) is 5.76. The number of aromatic nitrogens is 3. The summed E-state index contributed by atoms with van der Waals surface area (Å²) in [6, 6.07) is -1.32. The Hall–Kier alpha value is -2.16. The van der Waals surface area contributed by atoms with Gasteiger partial charge in [-0.05, 0) is 0 Å². The third-order valence-electron chi connectivity index (χ3n) is 3.01. The number of H-pyrrole nitrogens is 1. The van der Waals surface area contributed by atoms with Crippen molar-refractivity contribution in [3.8, 4) is 0 Å². The highest BCUT2D eigenvalue weighted by molar-refractivity contribution is 5.83. The monoisotopic (exact) mass is 269 g/mol. The number of likely N-dealkylation sites (tertiary alicyclic amines) is 1. The fourth-order valence-electron chi connectivity index (χ4n) is 2.00. The number of methoxy groups -OCH3 is 1. The normalized spacial score (nSPS) is 22.5. The summed E-state index contributed by atoms with van der Waals surface area (Å²) in [6.07, 6.45) is 1.37. The molecule has 2 unspecified atom stereocenters. The van der Waals surface area contributed by atoms with Crippen LogP contribution in [0.2, 0.25) is 0 Å². The number of rotatable bonds is 4. The van der Waals surface area contributed by atoms with E-state index in [1.807, 2.05) is 0 Å². The smallest absolute Gasteiger partial charge is 0.326 e. The zero-order valence-corrected chi connectivity index (χ0v) is 10.4. The molecule has 0 spiro atoms. The molecule has 0 radical (unpaired) electrons. The molecule has 104 valence electrons. The Balaban J connectivity index is 1.94. The Morgan fingerprint density at radius 2 is 2.47 bits per heavy atom. The summed E-state index contributed by atoms with van der Waals surface area (Å²) >= 11 is 0. The van der Waals surface area contributed by atoms with Gasteiger partial charge in [0.15, 0.2) is 0 Å². The van der Waals surface area contributed by atoms with E-state index in [0.29, 0.717) is 12.2 Å². The molecule has 1 aromatic rings. The first-order valence-corrected chi connectivity index (χ1v) is 5.76. The van der Waals surface area contributed by atoms with Gasteiger partial charge in [-0.25, -0.2) is 14.6 Å². The van der Waals surface area contributed by atoms with Crippen LogP contribution in [0.15, 0.2) is 6.33 Å². The Morgan fingerprint density at radius 3 is 3.05 bits per heavy atom. The molecule has 1 saturated heterocycles. The van der Waals surface area contributed by atoms with Crippen molar-refractivity contribution < 1.29 is 19.4 Å². The van der Waals surface area contributed by atoms with Crippen LogP contribution in [0, 0.1) is 0 Å². The van der Waals surface area contributed by atoms with Crippen LogP contribution in [0.5, 0.6) is 0 Å². The van der Waals surface area contributed by atoms with E-state index < -0.39 is 18.0 Å². The van der Waals surface area contributed by atoms with E-state index >= 15 is 0 Å².